The van der Waals surface area contributed by atoms with Crippen LogP contribution in [0.1, 0.15) is 12.8 Å². The van der Waals surface area contributed by atoms with E-state index in [4.69, 9.17) is 9.47 Å². The van der Waals surface area contributed by atoms with Gasteiger partial charge in [-0.2, -0.15) is 8.78 Å². The van der Waals surface area contributed by atoms with Gasteiger partial charge in [-0.25, -0.2) is 8.42 Å². The SMILES string of the molecule is COc1ccc(OCCCC(F)(F)S(=O)(=O)c2ccccc2)cc1. The molecule has 4 nitrogen and oxygen atoms in total. The van der Waals surface area contributed by atoms with Gasteiger partial charge in [-0.05, 0) is 42.8 Å². The van der Waals surface area contributed by atoms with Crippen molar-refractivity contribution in [2.45, 2.75) is 23.0 Å². The highest BCUT2D eigenvalue weighted by molar-refractivity contribution is 7.92. The van der Waals surface area contributed by atoms with Crippen LogP contribution >= 0.6 is 0 Å². The Morgan fingerprint density at radius 1 is 0.958 bits per heavy atom. The second-order valence-electron chi connectivity index (χ2n) is 5.08. The van der Waals surface area contributed by atoms with Crippen LogP contribution in [0.3, 0.4) is 0 Å². The first-order valence-corrected chi connectivity index (χ1v) is 8.79. The molecule has 0 spiro atoms. The van der Waals surface area contributed by atoms with E-state index < -0.39 is 21.5 Å². The highest BCUT2D eigenvalue weighted by Gasteiger charge is 2.45. The molecular weight excluding hydrogens is 338 g/mol. The zero-order valence-corrected chi connectivity index (χ0v) is 13.9. The van der Waals surface area contributed by atoms with Gasteiger partial charge < -0.3 is 9.47 Å². The minimum atomic E-state index is -4.70. The lowest BCUT2D eigenvalue weighted by atomic mass is 10.3. The summed E-state index contributed by atoms with van der Waals surface area (Å²) in [5.74, 6) is 1.16. The van der Waals surface area contributed by atoms with E-state index in [1.165, 1.54) is 19.2 Å². The van der Waals surface area contributed by atoms with Crippen molar-refractivity contribution in [2.75, 3.05) is 13.7 Å². The molecule has 0 bridgehead atoms. The molecular formula is C17H18F2O4S. The number of hydrogen-bond acceptors (Lipinski definition) is 4. The molecule has 0 saturated heterocycles. The van der Waals surface area contributed by atoms with Crippen molar-refractivity contribution in [1.82, 2.24) is 0 Å². The first-order valence-electron chi connectivity index (χ1n) is 7.31. The summed E-state index contributed by atoms with van der Waals surface area (Å²) in [4.78, 5) is -0.383. The van der Waals surface area contributed by atoms with Crippen LogP contribution in [0.25, 0.3) is 0 Å². The van der Waals surface area contributed by atoms with Gasteiger partial charge in [-0.1, -0.05) is 18.2 Å². The number of hydrogen-bond donors (Lipinski definition) is 0. The standard InChI is InChI=1S/C17H18F2O4S/c1-22-14-8-10-15(11-9-14)23-13-5-12-17(18,19)24(20,21)16-6-3-2-4-7-16/h2-4,6-11H,5,12-13H2,1H3. The number of benzene rings is 2. The van der Waals surface area contributed by atoms with Crippen LogP contribution < -0.4 is 9.47 Å². The summed E-state index contributed by atoms with van der Waals surface area (Å²) in [6.07, 6.45) is -0.897. The lowest BCUT2D eigenvalue weighted by Gasteiger charge is -2.17. The number of sulfone groups is 1. The maximum atomic E-state index is 14.1. The summed E-state index contributed by atoms with van der Waals surface area (Å²) < 4.78 is 62.4. The lowest BCUT2D eigenvalue weighted by molar-refractivity contribution is 0.0744. The third kappa shape index (κ3) is 4.23. The fraction of sp³-hybridized carbons (Fsp3) is 0.294. The van der Waals surface area contributed by atoms with Crippen LogP contribution in [-0.2, 0) is 9.84 Å². The van der Waals surface area contributed by atoms with Crippen LogP contribution in [0.5, 0.6) is 11.5 Å². The molecule has 0 fully saturated rings. The molecule has 24 heavy (non-hydrogen) atoms. The van der Waals surface area contributed by atoms with Gasteiger partial charge in [0, 0.05) is 6.42 Å². The molecule has 0 aliphatic carbocycles. The summed E-state index contributed by atoms with van der Waals surface area (Å²) in [6, 6.07) is 13.4. The van der Waals surface area contributed by atoms with Gasteiger partial charge in [0.1, 0.15) is 11.5 Å². The molecule has 7 heteroatoms. The molecule has 2 aromatic carbocycles. The van der Waals surface area contributed by atoms with E-state index in [1.54, 1.807) is 30.3 Å². The fourth-order valence-electron chi connectivity index (χ4n) is 2.05. The Morgan fingerprint density at radius 3 is 2.12 bits per heavy atom. The Morgan fingerprint density at radius 2 is 1.54 bits per heavy atom. The van der Waals surface area contributed by atoms with Crippen LogP contribution in [0.4, 0.5) is 8.78 Å². The van der Waals surface area contributed by atoms with Gasteiger partial charge in [0.15, 0.2) is 0 Å². The molecule has 0 aromatic heterocycles. The quantitative estimate of drug-likeness (QED) is 0.673. The van der Waals surface area contributed by atoms with E-state index in [9.17, 15) is 17.2 Å². The van der Waals surface area contributed by atoms with Crippen molar-refractivity contribution in [1.29, 1.82) is 0 Å². The summed E-state index contributed by atoms with van der Waals surface area (Å²) in [6.45, 7) is -0.00771. The molecule has 0 radical (unpaired) electrons. The molecule has 2 aromatic rings. The monoisotopic (exact) mass is 356 g/mol. The van der Waals surface area contributed by atoms with Crippen molar-refractivity contribution in [3.05, 3.63) is 54.6 Å². The molecule has 0 aliphatic heterocycles. The highest BCUT2D eigenvalue weighted by atomic mass is 32.2. The predicted molar refractivity (Wildman–Crippen MR) is 86.3 cm³/mol. The van der Waals surface area contributed by atoms with E-state index in [2.05, 4.69) is 0 Å². The zero-order chi connectivity index (χ0) is 17.6. The first kappa shape index (κ1) is 18.2. The van der Waals surface area contributed by atoms with Crippen molar-refractivity contribution in [2.24, 2.45) is 0 Å². The Bertz CT molecular complexity index is 744. The van der Waals surface area contributed by atoms with Gasteiger partial charge in [-0.3, -0.25) is 0 Å². The van der Waals surface area contributed by atoms with Crippen molar-refractivity contribution < 1.29 is 26.7 Å². The third-order valence-electron chi connectivity index (χ3n) is 3.39. The minimum absolute atomic E-state index is 0.00771. The maximum absolute atomic E-state index is 14.1. The smallest absolute Gasteiger partial charge is 0.350 e. The fourth-order valence-corrected chi connectivity index (χ4v) is 3.32. The molecule has 0 saturated carbocycles. The number of alkyl halides is 2. The third-order valence-corrected chi connectivity index (χ3v) is 5.27. The average Bonchev–Trinajstić information content (AvgIpc) is 2.60. The summed E-state index contributed by atoms with van der Waals surface area (Å²) >= 11 is 0. The molecule has 0 amide bonds. The molecule has 0 aliphatic rings. The zero-order valence-electron chi connectivity index (χ0n) is 13.1. The molecule has 130 valence electrons. The van der Waals surface area contributed by atoms with E-state index in [-0.39, 0.29) is 17.9 Å². The van der Waals surface area contributed by atoms with Crippen molar-refractivity contribution >= 4 is 9.84 Å². The van der Waals surface area contributed by atoms with Crippen LogP contribution in [0, 0.1) is 0 Å². The van der Waals surface area contributed by atoms with E-state index in [1.807, 2.05) is 0 Å². The Labute approximate surface area is 139 Å². The maximum Gasteiger partial charge on any atom is 0.350 e. The number of halogens is 2. The lowest BCUT2D eigenvalue weighted by Crippen LogP contribution is -2.29. The molecule has 2 rings (SSSR count). The van der Waals surface area contributed by atoms with Gasteiger partial charge >= 0.3 is 5.25 Å². The normalized spacial score (nSPS) is 12.0. The van der Waals surface area contributed by atoms with Gasteiger partial charge in [-0.15, -0.1) is 0 Å². The van der Waals surface area contributed by atoms with Crippen LogP contribution in [0.15, 0.2) is 59.5 Å². The largest absolute Gasteiger partial charge is 0.497 e. The predicted octanol–water partition coefficient (Wildman–Crippen LogP) is 3.92. The summed E-state index contributed by atoms with van der Waals surface area (Å²) in [7, 11) is -3.17. The van der Waals surface area contributed by atoms with Gasteiger partial charge in [0.05, 0.1) is 18.6 Å². The highest BCUT2D eigenvalue weighted by Crippen LogP contribution is 2.33. The van der Waals surface area contributed by atoms with Crippen molar-refractivity contribution in [3.63, 3.8) is 0 Å². The van der Waals surface area contributed by atoms with E-state index in [0.717, 1.165) is 12.1 Å². The van der Waals surface area contributed by atoms with Gasteiger partial charge in [0.25, 0.3) is 0 Å². The average molecular weight is 356 g/mol. The molecule has 0 unspecified atom stereocenters. The Hall–Kier alpha value is -2.15. The number of methoxy groups -OCH3 is 1. The van der Waals surface area contributed by atoms with Crippen LogP contribution in [0.2, 0.25) is 0 Å². The molecule has 0 N–H and O–H groups in total. The number of ether oxygens (including phenoxy) is 2. The van der Waals surface area contributed by atoms with Crippen molar-refractivity contribution in [3.8, 4) is 11.5 Å². The topological polar surface area (TPSA) is 52.6 Å². The second kappa shape index (κ2) is 7.61. The minimum Gasteiger partial charge on any atom is -0.497 e. The molecule has 0 heterocycles. The number of rotatable bonds is 8. The van der Waals surface area contributed by atoms with E-state index >= 15 is 0 Å². The van der Waals surface area contributed by atoms with E-state index in [0.29, 0.717) is 11.5 Å². The van der Waals surface area contributed by atoms with Crippen LogP contribution in [-0.4, -0.2) is 27.4 Å². The summed E-state index contributed by atoms with van der Waals surface area (Å²) in [5, 5.41) is -3.84. The Kier molecular flexibility index (Phi) is 5.77. The first-order chi connectivity index (χ1) is 11.4. The van der Waals surface area contributed by atoms with Gasteiger partial charge in [0.2, 0.25) is 9.84 Å². The summed E-state index contributed by atoms with van der Waals surface area (Å²) in [5.41, 5.74) is 0. The second-order valence-corrected chi connectivity index (χ2v) is 7.16. The Balaban J connectivity index is 1.90. The molecule has 0 atom stereocenters.